The average molecular weight is 519 g/mol. The quantitative estimate of drug-likeness (QED) is 0.256. The second kappa shape index (κ2) is 17.9. The minimum atomic E-state index is -0.531. The van der Waals surface area contributed by atoms with Gasteiger partial charge >= 0.3 is 6.03 Å². The third-order valence-electron chi connectivity index (χ3n) is 4.66. The number of nitrogens with zero attached hydrogens (tertiary/aromatic N) is 1. The third kappa shape index (κ3) is 11.7. The van der Waals surface area contributed by atoms with Gasteiger partial charge in [-0.25, -0.2) is 4.79 Å². The molecular formula is C22H35ClN4O8. The number of ether oxygens (including phenoxy) is 5. The van der Waals surface area contributed by atoms with Crippen molar-refractivity contribution in [2.24, 2.45) is 5.73 Å². The van der Waals surface area contributed by atoms with Crippen molar-refractivity contribution in [2.75, 3.05) is 83.3 Å². The fourth-order valence-corrected chi connectivity index (χ4v) is 3.01. The number of nitrogens with two attached hydrogens (primary N) is 1. The highest BCUT2D eigenvalue weighted by Gasteiger charge is 2.26. The van der Waals surface area contributed by atoms with Crippen LogP contribution in [0.4, 0.5) is 16.2 Å². The summed E-state index contributed by atoms with van der Waals surface area (Å²) in [5, 5.41) is 5.04. The summed E-state index contributed by atoms with van der Waals surface area (Å²) in [5.41, 5.74) is 6.28. The van der Waals surface area contributed by atoms with Crippen LogP contribution in [0, 0.1) is 0 Å². The van der Waals surface area contributed by atoms with E-state index < -0.39 is 6.03 Å². The average Bonchev–Trinajstić information content (AvgIpc) is 2.82. The summed E-state index contributed by atoms with van der Waals surface area (Å²) in [5.74, 6) is -0.107. The van der Waals surface area contributed by atoms with Crippen LogP contribution in [0.15, 0.2) is 18.2 Å². The number of urea groups is 1. The zero-order chi connectivity index (χ0) is 24.6. The van der Waals surface area contributed by atoms with Gasteiger partial charge < -0.3 is 34.7 Å². The fraction of sp³-hybridized carbons (Fsp3) is 0.591. The summed E-state index contributed by atoms with van der Waals surface area (Å²) < 4.78 is 26.7. The molecule has 0 bridgehead atoms. The summed E-state index contributed by atoms with van der Waals surface area (Å²) in [6.07, 6.45) is 0.343. The van der Waals surface area contributed by atoms with E-state index in [0.717, 1.165) is 0 Å². The van der Waals surface area contributed by atoms with Gasteiger partial charge in [-0.3, -0.25) is 19.8 Å². The smallest absolute Gasteiger partial charge is 0.328 e. The molecule has 1 saturated heterocycles. The molecule has 1 heterocycles. The molecule has 1 aliphatic rings. The number of benzene rings is 1. The molecule has 0 aromatic heterocycles. The first-order valence-corrected chi connectivity index (χ1v) is 11.2. The largest absolute Gasteiger partial charge is 0.495 e. The Balaban J connectivity index is 0.00000612. The van der Waals surface area contributed by atoms with E-state index in [1.807, 2.05) is 0 Å². The predicted molar refractivity (Wildman–Crippen MR) is 131 cm³/mol. The molecule has 0 saturated carbocycles. The SMILES string of the molecule is COc1ccc(NC(=O)CCOCCOCCOCCOCCN)cc1N1CCC(=O)NC1=O.Cl. The molecule has 1 aromatic rings. The van der Waals surface area contributed by atoms with Crippen LogP contribution in [0.1, 0.15) is 12.8 Å². The van der Waals surface area contributed by atoms with Crippen LogP contribution < -0.4 is 26.0 Å². The van der Waals surface area contributed by atoms with Crippen LogP contribution in [0.25, 0.3) is 0 Å². The highest BCUT2D eigenvalue weighted by atomic mass is 35.5. The van der Waals surface area contributed by atoms with Crippen molar-refractivity contribution in [3.63, 3.8) is 0 Å². The molecule has 2 rings (SSSR count). The summed E-state index contributed by atoms with van der Waals surface area (Å²) in [7, 11) is 1.48. The van der Waals surface area contributed by atoms with Crippen molar-refractivity contribution in [1.29, 1.82) is 0 Å². The van der Waals surface area contributed by atoms with Gasteiger partial charge in [-0.2, -0.15) is 0 Å². The van der Waals surface area contributed by atoms with Gasteiger partial charge in [0.2, 0.25) is 11.8 Å². The molecule has 12 nitrogen and oxygen atoms in total. The van der Waals surface area contributed by atoms with Gasteiger partial charge in [0, 0.05) is 25.2 Å². The van der Waals surface area contributed by atoms with Crippen molar-refractivity contribution in [3.05, 3.63) is 18.2 Å². The molecule has 0 aliphatic carbocycles. The Labute approximate surface area is 211 Å². The second-order valence-electron chi connectivity index (χ2n) is 7.18. The lowest BCUT2D eigenvalue weighted by Crippen LogP contribution is -2.49. The standard InChI is InChI=1S/C22H34N4O8.ClH/c1-30-19-3-2-17(16-18(19)26-7-4-20(27)25-22(26)29)24-21(28)5-8-31-10-12-33-14-15-34-13-11-32-9-6-23;/h2-3,16H,4-15,23H2,1H3,(H,24,28)(H,25,27,29);1H. The maximum absolute atomic E-state index is 12.2. The van der Waals surface area contributed by atoms with Gasteiger partial charge in [-0.15, -0.1) is 12.4 Å². The minimum Gasteiger partial charge on any atom is -0.495 e. The molecule has 0 atom stereocenters. The van der Waals surface area contributed by atoms with Crippen LogP contribution in [-0.2, 0) is 28.5 Å². The van der Waals surface area contributed by atoms with Gasteiger partial charge in [0.25, 0.3) is 0 Å². The van der Waals surface area contributed by atoms with E-state index in [4.69, 9.17) is 29.4 Å². The highest BCUT2D eigenvalue weighted by molar-refractivity contribution is 6.06. The Morgan fingerprint density at radius 3 is 2.17 bits per heavy atom. The molecule has 198 valence electrons. The summed E-state index contributed by atoms with van der Waals surface area (Å²) >= 11 is 0. The first kappa shape index (κ1) is 30.6. The van der Waals surface area contributed by atoms with Crippen molar-refractivity contribution >= 4 is 41.6 Å². The van der Waals surface area contributed by atoms with E-state index in [-0.39, 0.29) is 50.2 Å². The van der Waals surface area contributed by atoms with Gasteiger partial charge in [-0.1, -0.05) is 0 Å². The molecule has 0 spiro atoms. The number of carbonyl (C=O) groups is 3. The van der Waals surface area contributed by atoms with E-state index in [2.05, 4.69) is 10.6 Å². The van der Waals surface area contributed by atoms with Crippen LogP contribution in [0.3, 0.4) is 0 Å². The number of hydrogen-bond acceptors (Lipinski definition) is 9. The van der Waals surface area contributed by atoms with Crippen molar-refractivity contribution in [2.45, 2.75) is 12.8 Å². The lowest BCUT2D eigenvalue weighted by Gasteiger charge is -2.28. The number of anilines is 2. The lowest BCUT2D eigenvalue weighted by molar-refractivity contribution is -0.120. The zero-order valence-electron chi connectivity index (χ0n) is 19.9. The molecule has 0 unspecified atom stereocenters. The summed E-state index contributed by atoms with van der Waals surface area (Å²) in [6.45, 7) is 4.17. The van der Waals surface area contributed by atoms with Gasteiger partial charge in [0.15, 0.2) is 0 Å². The van der Waals surface area contributed by atoms with Crippen LogP contribution >= 0.6 is 12.4 Å². The van der Waals surface area contributed by atoms with E-state index in [1.165, 1.54) is 12.0 Å². The number of carbonyl (C=O) groups excluding carboxylic acids is 3. The number of rotatable bonds is 17. The number of imide groups is 1. The Bertz CT molecular complexity index is 799. The second-order valence-corrected chi connectivity index (χ2v) is 7.18. The van der Waals surface area contributed by atoms with Crippen LogP contribution in [-0.4, -0.2) is 90.9 Å². The Morgan fingerprint density at radius 2 is 1.60 bits per heavy atom. The fourth-order valence-electron chi connectivity index (χ4n) is 3.01. The van der Waals surface area contributed by atoms with Crippen molar-refractivity contribution < 1.29 is 38.1 Å². The number of amides is 4. The summed E-state index contributed by atoms with van der Waals surface area (Å²) in [6, 6.07) is 4.43. The Morgan fingerprint density at radius 1 is 1.00 bits per heavy atom. The molecule has 1 fully saturated rings. The molecule has 0 radical (unpaired) electrons. The van der Waals surface area contributed by atoms with E-state index in [0.29, 0.717) is 69.9 Å². The van der Waals surface area contributed by atoms with Crippen molar-refractivity contribution in [3.8, 4) is 5.75 Å². The maximum atomic E-state index is 12.2. The monoisotopic (exact) mass is 518 g/mol. The van der Waals surface area contributed by atoms with Crippen LogP contribution in [0.2, 0.25) is 0 Å². The minimum absolute atomic E-state index is 0. The first-order valence-electron chi connectivity index (χ1n) is 11.2. The first-order chi connectivity index (χ1) is 16.5. The molecule has 13 heteroatoms. The number of halogens is 1. The molecular weight excluding hydrogens is 484 g/mol. The normalized spacial score (nSPS) is 13.3. The number of methoxy groups -OCH3 is 1. The summed E-state index contributed by atoms with van der Waals surface area (Å²) in [4.78, 5) is 37.2. The van der Waals surface area contributed by atoms with Gasteiger partial charge in [0.05, 0.1) is 72.1 Å². The highest BCUT2D eigenvalue weighted by Crippen LogP contribution is 2.32. The number of nitrogens with one attached hydrogen (secondary N) is 2. The number of hydrogen-bond donors (Lipinski definition) is 3. The molecule has 4 amide bonds. The topological polar surface area (TPSA) is 151 Å². The van der Waals surface area contributed by atoms with E-state index in [1.54, 1.807) is 18.2 Å². The zero-order valence-corrected chi connectivity index (χ0v) is 20.7. The van der Waals surface area contributed by atoms with Gasteiger partial charge in [0.1, 0.15) is 5.75 Å². The Hall–Kier alpha value is -2.48. The van der Waals surface area contributed by atoms with Crippen molar-refractivity contribution in [1.82, 2.24) is 5.32 Å². The lowest BCUT2D eigenvalue weighted by atomic mass is 10.2. The van der Waals surface area contributed by atoms with Crippen LogP contribution in [0.5, 0.6) is 5.75 Å². The molecule has 1 aliphatic heterocycles. The third-order valence-corrected chi connectivity index (χ3v) is 4.66. The molecule has 35 heavy (non-hydrogen) atoms. The molecule has 4 N–H and O–H groups in total. The Kier molecular flexibility index (Phi) is 15.6. The van der Waals surface area contributed by atoms with E-state index >= 15 is 0 Å². The van der Waals surface area contributed by atoms with E-state index in [9.17, 15) is 14.4 Å². The van der Waals surface area contributed by atoms with Gasteiger partial charge in [-0.05, 0) is 18.2 Å². The molecule has 1 aromatic carbocycles. The maximum Gasteiger partial charge on any atom is 0.328 e. The predicted octanol–water partition coefficient (Wildman–Crippen LogP) is 0.917.